The van der Waals surface area contributed by atoms with Crippen molar-refractivity contribution in [2.75, 3.05) is 5.88 Å². The minimum Gasteiger partial charge on any atom is -0.395 e. The third-order valence-electron chi connectivity index (χ3n) is 3.25. The number of non-ortho nitro benzene ring substituents is 1. The highest BCUT2D eigenvalue weighted by Crippen LogP contribution is 2.27. The molecule has 2 atom stereocenters. The van der Waals surface area contributed by atoms with Gasteiger partial charge in [-0.1, -0.05) is 12.1 Å². The Bertz CT molecular complexity index is 792. The van der Waals surface area contributed by atoms with Crippen LogP contribution in [0, 0.1) is 20.2 Å². The Morgan fingerprint density at radius 3 is 2.24 bits per heavy atom. The monoisotopic (exact) mass is 387 g/mol. The second kappa shape index (κ2) is 7.95. The molecule has 1 amide bonds. The van der Waals surface area contributed by atoms with Crippen molar-refractivity contribution >= 4 is 40.7 Å². The van der Waals surface area contributed by atoms with E-state index in [2.05, 4.69) is 5.32 Å². The first-order chi connectivity index (χ1) is 11.8. The lowest BCUT2D eigenvalue weighted by Crippen LogP contribution is -2.39. The van der Waals surface area contributed by atoms with Crippen LogP contribution in [0.15, 0.2) is 40.8 Å². The molecule has 1 aromatic heterocycles. The van der Waals surface area contributed by atoms with Crippen molar-refractivity contribution in [3.63, 3.8) is 0 Å². The van der Waals surface area contributed by atoms with Gasteiger partial charge in [-0.15, -0.1) is 23.2 Å². The van der Waals surface area contributed by atoms with Crippen molar-refractivity contribution in [2.24, 2.45) is 0 Å². The van der Waals surface area contributed by atoms with E-state index in [1.54, 1.807) is 0 Å². The van der Waals surface area contributed by atoms with Crippen LogP contribution in [0.3, 0.4) is 0 Å². The molecule has 2 aromatic rings. The first kappa shape index (κ1) is 18.7. The van der Waals surface area contributed by atoms with Gasteiger partial charge in [0.15, 0.2) is 5.76 Å². The topological polar surface area (TPSA) is 129 Å². The summed E-state index contributed by atoms with van der Waals surface area (Å²) in [7, 11) is 0. The minimum atomic E-state index is -0.771. The van der Waals surface area contributed by atoms with Gasteiger partial charge in [0.05, 0.1) is 22.4 Å². The number of alkyl halides is 2. The van der Waals surface area contributed by atoms with E-state index in [9.17, 15) is 25.0 Å². The van der Waals surface area contributed by atoms with Gasteiger partial charge in [-0.3, -0.25) is 25.0 Å². The van der Waals surface area contributed by atoms with Gasteiger partial charge < -0.3 is 9.73 Å². The Morgan fingerprint density at radius 2 is 1.76 bits per heavy atom. The van der Waals surface area contributed by atoms with E-state index in [4.69, 9.17) is 27.6 Å². The van der Waals surface area contributed by atoms with Crippen LogP contribution in [0.25, 0.3) is 0 Å². The van der Waals surface area contributed by atoms with Gasteiger partial charge in [0, 0.05) is 18.0 Å². The molecule has 2 unspecified atom stereocenters. The molecular weight excluding hydrogens is 377 g/mol. The molecule has 0 saturated carbocycles. The highest BCUT2D eigenvalue weighted by atomic mass is 35.5. The van der Waals surface area contributed by atoms with Crippen LogP contribution in [0.4, 0.5) is 11.6 Å². The van der Waals surface area contributed by atoms with Gasteiger partial charge >= 0.3 is 5.88 Å². The molecular formula is C14H11Cl2N3O6. The standard InChI is InChI=1S/C14H11Cl2N3O6/c15-7-10(13(16)8-1-3-9(4-2-8)18(21)22)17-14(20)11-5-6-12(25-11)19(23)24/h1-6,10,13H,7H2,(H,17,20). The number of furan rings is 1. The van der Waals surface area contributed by atoms with Crippen molar-refractivity contribution in [1.82, 2.24) is 5.32 Å². The van der Waals surface area contributed by atoms with Gasteiger partial charge in [-0.25, -0.2) is 0 Å². The SMILES string of the molecule is O=C(NC(CCl)C(Cl)c1ccc([N+](=O)[O-])cc1)c1ccc([N+](=O)[O-])o1. The van der Waals surface area contributed by atoms with Crippen LogP contribution in [0.5, 0.6) is 0 Å². The second-order valence-electron chi connectivity index (χ2n) is 4.88. The largest absolute Gasteiger partial charge is 0.433 e. The van der Waals surface area contributed by atoms with E-state index in [1.165, 1.54) is 24.3 Å². The molecule has 25 heavy (non-hydrogen) atoms. The summed E-state index contributed by atoms with van der Waals surface area (Å²) in [6.07, 6.45) is 0. The molecule has 0 aliphatic rings. The van der Waals surface area contributed by atoms with Crippen LogP contribution in [0.1, 0.15) is 21.5 Å². The zero-order valence-electron chi connectivity index (χ0n) is 12.4. The number of nitro benzene ring substituents is 1. The van der Waals surface area contributed by atoms with E-state index in [0.29, 0.717) is 5.56 Å². The highest BCUT2D eigenvalue weighted by Gasteiger charge is 2.25. The third kappa shape index (κ3) is 4.46. The van der Waals surface area contributed by atoms with Crippen molar-refractivity contribution in [3.8, 4) is 0 Å². The van der Waals surface area contributed by atoms with Crippen LogP contribution >= 0.6 is 23.2 Å². The average Bonchev–Trinajstić information content (AvgIpc) is 3.09. The Hall–Kier alpha value is -2.65. The molecule has 0 fully saturated rings. The summed E-state index contributed by atoms with van der Waals surface area (Å²) < 4.78 is 4.81. The molecule has 11 heteroatoms. The minimum absolute atomic E-state index is 0.0559. The molecule has 1 heterocycles. The molecule has 132 valence electrons. The quantitative estimate of drug-likeness (QED) is 0.440. The zero-order valence-corrected chi connectivity index (χ0v) is 13.9. The van der Waals surface area contributed by atoms with Gasteiger partial charge in [-0.2, -0.15) is 0 Å². The molecule has 0 bridgehead atoms. The fraction of sp³-hybridized carbons (Fsp3) is 0.214. The normalized spacial score (nSPS) is 13.0. The molecule has 1 aromatic carbocycles. The maximum absolute atomic E-state index is 12.1. The van der Waals surface area contributed by atoms with Gasteiger partial charge in [-0.05, 0) is 11.6 Å². The van der Waals surface area contributed by atoms with Crippen molar-refractivity contribution < 1.29 is 19.1 Å². The molecule has 0 spiro atoms. The molecule has 0 aliphatic heterocycles. The number of nitro groups is 2. The number of carbonyl (C=O) groups is 1. The zero-order chi connectivity index (χ0) is 18.6. The summed E-state index contributed by atoms with van der Waals surface area (Å²) in [6.45, 7) is 0. The smallest absolute Gasteiger partial charge is 0.395 e. The van der Waals surface area contributed by atoms with E-state index in [1.807, 2.05) is 0 Å². The maximum atomic E-state index is 12.1. The van der Waals surface area contributed by atoms with Crippen molar-refractivity contribution in [3.05, 3.63) is 68.0 Å². The lowest BCUT2D eigenvalue weighted by atomic mass is 10.1. The molecule has 0 radical (unpaired) electrons. The van der Waals surface area contributed by atoms with Crippen LogP contribution in [-0.2, 0) is 0 Å². The fourth-order valence-electron chi connectivity index (χ4n) is 1.99. The molecule has 0 aliphatic carbocycles. The van der Waals surface area contributed by atoms with E-state index >= 15 is 0 Å². The van der Waals surface area contributed by atoms with E-state index in [0.717, 1.165) is 12.1 Å². The summed E-state index contributed by atoms with van der Waals surface area (Å²) in [5, 5.41) is 23.0. The van der Waals surface area contributed by atoms with Gasteiger partial charge in [0.25, 0.3) is 11.6 Å². The Balaban J connectivity index is 2.10. The summed E-state index contributed by atoms with van der Waals surface area (Å²) >= 11 is 12.1. The first-order valence-electron chi connectivity index (χ1n) is 6.83. The Kier molecular flexibility index (Phi) is 5.94. The Labute approximate surface area is 150 Å². The van der Waals surface area contributed by atoms with Crippen LogP contribution in [0.2, 0.25) is 0 Å². The van der Waals surface area contributed by atoms with Crippen LogP contribution < -0.4 is 5.32 Å². The number of halogens is 2. The fourth-order valence-corrected chi connectivity index (χ4v) is 2.63. The van der Waals surface area contributed by atoms with Crippen LogP contribution in [-0.4, -0.2) is 27.7 Å². The van der Waals surface area contributed by atoms with Gasteiger partial charge in [0.1, 0.15) is 4.92 Å². The number of nitrogens with one attached hydrogen (secondary N) is 1. The van der Waals surface area contributed by atoms with E-state index < -0.39 is 33.1 Å². The summed E-state index contributed by atoms with van der Waals surface area (Å²) in [4.78, 5) is 32.0. The number of amides is 1. The number of nitrogens with zero attached hydrogens (tertiary/aromatic N) is 2. The predicted molar refractivity (Wildman–Crippen MR) is 89.0 cm³/mol. The molecule has 1 N–H and O–H groups in total. The summed E-state index contributed by atoms with van der Waals surface area (Å²) in [6, 6.07) is 6.97. The summed E-state index contributed by atoms with van der Waals surface area (Å²) in [5.74, 6) is -1.59. The van der Waals surface area contributed by atoms with Crippen molar-refractivity contribution in [2.45, 2.75) is 11.4 Å². The van der Waals surface area contributed by atoms with E-state index in [-0.39, 0.29) is 17.3 Å². The number of hydrogen-bond acceptors (Lipinski definition) is 6. The third-order valence-corrected chi connectivity index (χ3v) is 4.14. The number of benzene rings is 1. The number of carbonyl (C=O) groups excluding carboxylic acids is 1. The second-order valence-corrected chi connectivity index (χ2v) is 5.66. The first-order valence-corrected chi connectivity index (χ1v) is 7.80. The predicted octanol–water partition coefficient (Wildman–Crippen LogP) is 3.41. The van der Waals surface area contributed by atoms with Gasteiger partial charge in [0.2, 0.25) is 0 Å². The molecule has 0 saturated heterocycles. The maximum Gasteiger partial charge on any atom is 0.433 e. The lowest BCUT2D eigenvalue weighted by Gasteiger charge is -2.21. The number of rotatable bonds is 7. The lowest BCUT2D eigenvalue weighted by molar-refractivity contribution is -0.402. The Morgan fingerprint density at radius 1 is 1.12 bits per heavy atom. The highest BCUT2D eigenvalue weighted by molar-refractivity contribution is 6.23. The van der Waals surface area contributed by atoms with Crippen molar-refractivity contribution in [1.29, 1.82) is 0 Å². The molecule has 2 rings (SSSR count). The average molecular weight is 388 g/mol. The molecule has 9 nitrogen and oxygen atoms in total. The number of hydrogen-bond donors (Lipinski definition) is 1. The summed E-state index contributed by atoms with van der Waals surface area (Å²) in [5.41, 5.74) is 0.422.